The van der Waals surface area contributed by atoms with Crippen LogP contribution in [0.4, 0.5) is 11.5 Å². The summed E-state index contributed by atoms with van der Waals surface area (Å²) in [5, 5.41) is 6.01. The van der Waals surface area contributed by atoms with Crippen LogP contribution in [0.2, 0.25) is 0 Å². The van der Waals surface area contributed by atoms with E-state index in [0.29, 0.717) is 30.9 Å². The van der Waals surface area contributed by atoms with Gasteiger partial charge >= 0.3 is 0 Å². The molecule has 2 fully saturated rings. The lowest BCUT2D eigenvalue weighted by molar-refractivity contribution is -0.164. The third-order valence-electron chi connectivity index (χ3n) is 10.1. The number of amides is 3. The van der Waals surface area contributed by atoms with Crippen LogP contribution in [0.3, 0.4) is 0 Å². The molecule has 4 aliphatic rings. The van der Waals surface area contributed by atoms with E-state index in [0.717, 1.165) is 47.9 Å². The molecule has 3 heterocycles. The molecule has 1 aromatic heterocycles. The number of likely N-dealkylation sites (N-methyl/N-ethyl adjacent to an activating group) is 1. The van der Waals surface area contributed by atoms with Gasteiger partial charge in [0.15, 0.2) is 0 Å². The Hall–Kier alpha value is -4.04. The molecule has 1 saturated heterocycles. The molecule has 2 spiro atoms. The zero-order valence-electron chi connectivity index (χ0n) is 23.6. The number of fused-ring (bicyclic) bond motifs is 3. The number of aromatic nitrogens is 1. The number of piperazine rings is 1. The van der Waals surface area contributed by atoms with Crippen molar-refractivity contribution in [2.45, 2.75) is 61.9 Å². The normalized spacial score (nSPS) is 26.3. The standard InChI is InChI=1S/C33H35N5O3/c1-31(24-9-4-3-5-10-24)21-37(2)33(14-6-7-15-33)30(41)38(31)20-27(39)35-25-13-12-22-18-32(19-23(22)17-25)26-11-8-16-34-28(26)36-29(32)40/h3-5,8-13,16-17H,6-7,14-15,18-21H2,1-2H3,(H,35,39)(H,34,36,40). The van der Waals surface area contributed by atoms with Crippen molar-refractivity contribution in [1.82, 2.24) is 14.8 Å². The molecule has 41 heavy (non-hydrogen) atoms. The third-order valence-corrected chi connectivity index (χ3v) is 10.1. The van der Waals surface area contributed by atoms with Crippen molar-refractivity contribution in [2.24, 2.45) is 0 Å². The number of nitrogens with one attached hydrogen (secondary N) is 2. The number of anilines is 2. The predicted molar refractivity (Wildman–Crippen MR) is 156 cm³/mol. The van der Waals surface area contributed by atoms with E-state index in [1.807, 2.05) is 65.6 Å². The number of carbonyl (C=O) groups excluding carboxylic acids is 3. The van der Waals surface area contributed by atoms with Crippen molar-refractivity contribution in [1.29, 1.82) is 0 Å². The second kappa shape index (κ2) is 9.24. The van der Waals surface area contributed by atoms with Gasteiger partial charge in [0.25, 0.3) is 0 Å². The maximum Gasteiger partial charge on any atom is 0.244 e. The monoisotopic (exact) mass is 549 g/mol. The first-order chi connectivity index (χ1) is 19.7. The van der Waals surface area contributed by atoms with E-state index in [9.17, 15) is 14.4 Å². The molecule has 0 radical (unpaired) electrons. The zero-order chi connectivity index (χ0) is 28.4. The second-order valence-electron chi connectivity index (χ2n) is 12.4. The van der Waals surface area contributed by atoms with Crippen LogP contribution in [0.1, 0.15) is 54.9 Å². The van der Waals surface area contributed by atoms with E-state index in [2.05, 4.69) is 34.5 Å². The van der Waals surface area contributed by atoms with Gasteiger partial charge in [-0.2, -0.15) is 0 Å². The number of hydrogen-bond acceptors (Lipinski definition) is 5. The first kappa shape index (κ1) is 25.9. The fraction of sp³-hybridized carbons (Fsp3) is 0.394. The summed E-state index contributed by atoms with van der Waals surface area (Å²) in [5.41, 5.74) is 2.94. The maximum atomic E-state index is 14.2. The number of carbonyl (C=O) groups is 3. The summed E-state index contributed by atoms with van der Waals surface area (Å²) in [6, 6.07) is 19.8. The summed E-state index contributed by atoms with van der Waals surface area (Å²) in [6.07, 6.45) is 6.54. The van der Waals surface area contributed by atoms with Crippen LogP contribution in [-0.4, -0.2) is 58.2 Å². The summed E-state index contributed by atoms with van der Waals surface area (Å²) in [4.78, 5) is 49.3. The van der Waals surface area contributed by atoms with E-state index in [1.54, 1.807) is 6.20 Å². The first-order valence-electron chi connectivity index (χ1n) is 14.5. The summed E-state index contributed by atoms with van der Waals surface area (Å²) in [5.74, 6) is 0.430. The van der Waals surface area contributed by atoms with Crippen LogP contribution in [-0.2, 0) is 38.2 Å². The summed E-state index contributed by atoms with van der Waals surface area (Å²) >= 11 is 0. The number of nitrogens with zero attached hydrogens (tertiary/aromatic N) is 3. The molecule has 2 unspecified atom stereocenters. The highest BCUT2D eigenvalue weighted by atomic mass is 16.2. The Balaban J connectivity index is 1.14. The molecular formula is C33H35N5O3. The molecule has 2 atom stereocenters. The smallest absolute Gasteiger partial charge is 0.244 e. The Labute approximate surface area is 240 Å². The summed E-state index contributed by atoms with van der Waals surface area (Å²) in [6.45, 7) is 2.71. The van der Waals surface area contributed by atoms with Crippen LogP contribution in [0.5, 0.6) is 0 Å². The minimum Gasteiger partial charge on any atom is -0.325 e. The van der Waals surface area contributed by atoms with Crippen LogP contribution in [0, 0.1) is 0 Å². The zero-order valence-corrected chi connectivity index (χ0v) is 23.6. The number of benzene rings is 2. The van der Waals surface area contributed by atoms with E-state index in [-0.39, 0.29) is 24.3 Å². The van der Waals surface area contributed by atoms with Gasteiger partial charge in [-0.05, 0) is 74.5 Å². The topological polar surface area (TPSA) is 94.6 Å². The van der Waals surface area contributed by atoms with Gasteiger partial charge in [0.2, 0.25) is 17.7 Å². The van der Waals surface area contributed by atoms with Gasteiger partial charge in [-0.25, -0.2) is 4.98 Å². The van der Waals surface area contributed by atoms with Gasteiger partial charge in [-0.1, -0.05) is 55.3 Å². The van der Waals surface area contributed by atoms with Gasteiger partial charge in [0, 0.05) is 24.0 Å². The number of pyridine rings is 1. The van der Waals surface area contributed by atoms with Gasteiger partial charge in [0.05, 0.1) is 11.0 Å². The second-order valence-corrected chi connectivity index (χ2v) is 12.4. The Morgan fingerprint density at radius 1 is 1.00 bits per heavy atom. The highest BCUT2D eigenvalue weighted by Gasteiger charge is 2.56. The summed E-state index contributed by atoms with van der Waals surface area (Å²) in [7, 11) is 2.05. The van der Waals surface area contributed by atoms with E-state index >= 15 is 0 Å². The molecule has 2 N–H and O–H groups in total. The number of hydrogen-bond donors (Lipinski definition) is 2. The molecule has 8 nitrogen and oxygen atoms in total. The highest BCUT2D eigenvalue weighted by molar-refractivity contribution is 6.06. The van der Waals surface area contributed by atoms with Gasteiger partial charge < -0.3 is 15.5 Å². The SMILES string of the molecule is CN1CC(C)(c2ccccc2)N(CC(=O)Nc2ccc3c(c2)CC2(C3)C(=O)Nc3ncccc32)C(=O)C12CCCC2. The average molecular weight is 550 g/mol. The minimum atomic E-state index is -0.659. The molecular weight excluding hydrogens is 514 g/mol. The molecule has 2 aromatic carbocycles. The van der Waals surface area contributed by atoms with Crippen molar-refractivity contribution in [3.63, 3.8) is 0 Å². The van der Waals surface area contributed by atoms with Gasteiger partial charge in [0.1, 0.15) is 17.9 Å². The Morgan fingerprint density at radius 2 is 1.76 bits per heavy atom. The van der Waals surface area contributed by atoms with Crippen molar-refractivity contribution < 1.29 is 14.4 Å². The first-order valence-corrected chi connectivity index (χ1v) is 14.5. The summed E-state index contributed by atoms with van der Waals surface area (Å²) < 4.78 is 0. The van der Waals surface area contributed by atoms with E-state index in [4.69, 9.17) is 0 Å². The molecule has 8 heteroatoms. The Kier molecular flexibility index (Phi) is 5.84. The van der Waals surface area contributed by atoms with Crippen LogP contribution < -0.4 is 10.6 Å². The molecule has 7 rings (SSSR count). The van der Waals surface area contributed by atoms with Crippen LogP contribution >= 0.6 is 0 Å². The molecule has 0 bridgehead atoms. The quantitative estimate of drug-likeness (QED) is 0.513. The molecule has 3 aromatic rings. The lowest BCUT2D eigenvalue weighted by Gasteiger charge is -2.55. The third kappa shape index (κ3) is 3.84. The molecule has 210 valence electrons. The van der Waals surface area contributed by atoms with Crippen molar-refractivity contribution >= 4 is 29.2 Å². The van der Waals surface area contributed by atoms with E-state index in [1.165, 1.54) is 0 Å². The fourth-order valence-electron chi connectivity index (χ4n) is 7.87. The molecule has 2 aliphatic heterocycles. The average Bonchev–Trinajstić information content (AvgIpc) is 3.68. The molecule has 1 saturated carbocycles. The fourth-order valence-corrected chi connectivity index (χ4v) is 7.87. The highest BCUT2D eigenvalue weighted by Crippen LogP contribution is 2.47. The lowest BCUT2D eigenvalue weighted by atomic mass is 9.79. The van der Waals surface area contributed by atoms with Gasteiger partial charge in [-0.15, -0.1) is 0 Å². The largest absolute Gasteiger partial charge is 0.325 e. The molecule has 2 aliphatic carbocycles. The van der Waals surface area contributed by atoms with Gasteiger partial charge in [-0.3, -0.25) is 19.3 Å². The Morgan fingerprint density at radius 3 is 2.54 bits per heavy atom. The number of rotatable bonds is 4. The van der Waals surface area contributed by atoms with E-state index < -0.39 is 16.5 Å². The van der Waals surface area contributed by atoms with Crippen molar-refractivity contribution in [3.8, 4) is 0 Å². The Bertz CT molecular complexity index is 1570. The predicted octanol–water partition coefficient (Wildman–Crippen LogP) is 4.01. The van der Waals surface area contributed by atoms with Crippen molar-refractivity contribution in [3.05, 3.63) is 89.1 Å². The lowest BCUT2D eigenvalue weighted by Crippen LogP contribution is -2.71. The molecule has 3 amide bonds. The minimum absolute atomic E-state index is 0.0254. The van der Waals surface area contributed by atoms with Crippen molar-refractivity contribution in [2.75, 3.05) is 30.8 Å². The van der Waals surface area contributed by atoms with Crippen LogP contribution in [0.15, 0.2) is 66.9 Å². The van der Waals surface area contributed by atoms with Crippen LogP contribution in [0.25, 0.3) is 0 Å². The maximum absolute atomic E-state index is 14.2.